The van der Waals surface area contributed by atoms with E-state index in [-0.39, 0.29) is 17.7 Å². The quantitative estimate of drug-likeness (QED) is 0.697. The van der Waals surface area contributed by atoms with Gasteiger partial charge in [-0.25, -0.2) is 4.79 Å². The number of hydrogen-bond donors (Lipinski definition) is 0. The Kier molecular flexibility index (Phi) is 3.82. The summed E-state index contributed by atoms with van der Waals surface area (Å²) in [7, 11) is 3.98. The lowest BCUT2D eigenvalue weighted by atomic mass is 10.0. The number of ether oxygens (including phenoxy) is 1. The van der Waals surface area contributed by atoms with E-state index in [4.69, 9.17) is 4.74 Å². The van der Waals surface area contributed by atoms with Crippen molar-refractivity contribution >= 4 is 6.03 Å². The third-order valence-electron chi connectivity index (χ3n) is 4.10. The Hall–Kier alpha value is -0.810. The number of carbonyl (C=O) groups is 1. The van der Waals surface area contributed by atoms with E-state index in [1.165, 1.54) is 0 Å². The maximum Gasteiger partial charge on any atom is 0.320 e. The van der Waals surface area contributed by atoms with Crippen LogP contribution in [0.15, 0.2) is 0 Å². The smallest absolute Gasteiger partial charge is 0.320 e. The summed E-state index contributed by atoms with van der Waals surface area (Å²) in [5.41, 5.74) is -0.125. The van der Waals surface area contributed by atoms with Gasteiger partial charge in [0.2, 0.25) is 0 Å². The number of likely N-dealkylation sites (tertiary alicyclic amines) is 1. The molecule has 1 atom stereocenters. The Morgan fingerprint density at radius 2 is 2.06 bits per heavy atom. The molecule has 2 saturated heterocycles. The minimum absolute atomic E-state index is 0.125. The molecule has 0 aromatic carbocycles. The molecule has 1 spiro atoms. The minimum atomic E-state index is -0.125. The van der Waals surface area contributed by atoms with Crippen molar-refractivity contribution in [1.29, 1.82) is 0 Å². The number of amides is 2. The molecule has 0 radical (unpaired) electrons. The van der Waals surface area contributed by atoms with Gasteiger partial charge in [0.15, 0.2) is 0 Å². The van der Waals surface area contributed by atoms with Crippen LogP contribution in [0.4, 0.5) is 4.79 Å². The van der Waals surface area contributed by atoms with Crippen LogP contribution < -0.4 is 0 Å². The maximum absolute atomic E-state index is 12.3. The molecular weight excluding hydrogens is 230 g/mol. The van der Waals surface area contributed by atoms with Crippen LogP contribution in [0.5, 0.6) is 0 Å². The molecule has 5 heteroatoms. The van der Waals surface area contributed by atoms with Gasteiger partial charge in [0.1, 0.15) is 0 Å². The van der Waals surface area contributed by atoms with Crippen molar-refractivity contribution in [2.75, 3.05) is 46.9 Å². The number of morpholine rings is 1. The van der Waals surface area contributed by atoms with Gasteiger partial charge in [0.05, 0.1) is 18.8 Å². The zero-order valence-corrected chi connectivity index (χ0v) is 12.0. The number of rotatable bonds is 1. The number of urea groups is 1. The molecule has 2 aliphatic rings. The van der Waals surface area contributed by atoms with Crippen molar-refractivity contribution in [2.24, 2.45) is 0 Å². The van der Waals surface area contributed by atoms with Gasteiger partial charge >= 0.3 is 6.03 Å². The van der Waals surface area contributed by atoms with E-state index >= 15 is 0 Å². The SMILES string of the molecule is CC(C)N(C)C(=O)N1CCOC2(CCN(C)C2)C1. The molecule has 2 heterocycles. The van der Waals surface area contributed by atoms with E-state index in [1.54, 1.807) is 4.90 Å². The molecule has 2 rings (SSSR count). The van der Waals surface area contributed by atoms with Crippen LogP contribution in [0.2, 0.25) is 0 Å². The van der Waals surface area contributed by atoms with Gasteiger partial charge in [-0.2, -0.15) is 0 Å². The van der Waals surface area contributed by atoms with Gasteiger partial charge in [-0.15, -0.1) is 0 Å². The number of hydrogen-bond acceptors (Lipinski definition) is 3. The van der Waals surface area contributed by atoms with Crippen molar-refractivity contribution < 1.29 is 9.53 Å². The number of likely N-dealkylation sites (N-methyl/N-ethyl adjacent to an activating group) is 1. The molecule has 0 aromatic heterocycles. The van der Waals surface area contributed by atoms with Gasteiger partial charge in [-0.05, 0) is 27.3 Å². The fourth-order valence-corrected chi connectivity index (χ4v) is 2.74. The van der Waals surface area contributed by atoms with Crippen LogP contribution in [-0.4, -0.2) is 79.3 Å². The second-order valence-electron chi connectivity index (χ2n) is 5.93. The van der Waals surface area contributed by atoms with Gasteiger partial charge in [-0.1, -0.05) is 0 Å². The maximum atomic E-state index is 12.3. The molecule has 2 fully saturated rings. The molecule has 18 heavy (non-hydrogen) atoms. The Bertz CT molecular complexity index is 317. The molecule has 1 unspecified atom stereocenters. The largest absolute Gasteiger partial charge is 0.370 e. The predicted octanol–water partition coefficient (Wildman–Crippen LogP) is 0.853. The summed E-state index contributed by atoms with van der Waals surface area (Å²) in [5.74, 6) is 0. The summed E-state index contributed by atoms with van der Waals surface area (Å²) in [6.07, 6.45) is 1.03. The lowest BCUT2D eigenvalue weighted by Crippen LogP contribution is -2.57. The highest BCUT2D eigenvalue weighted by molar-refractivity contribution is 5.74. The summed E-state index contributed by atoms with van der Waals surface area (Å²) in [5, 5.41) is 0. The van der Waals surface area contributed by atoms with Crippen molar-refractivity contribution in [3.63, 3.8) is 0 Å². The second-order valence-corrected chi connectivity index (χ2v) is 5.93. The first-order valence-electron chi connectivity index (χ1n) is 6.78. The summed E-state index contributed by atoms with van der Waals surface area (Å²) < 4.78 is 5.96. The van der Waals surface area contributed by atoms with Crippen LogP contribution >= 0.6 is 0 Å². The first-order valence-corrected chi connectivity index (χ1v) is 6.78. The third kappa shape index (κ3) is 2.62. The van der Waals surface area contributed by atoms with Crippen molar-refractivity contribution in [1.82, 2.24) is 14.7 Å². The summed E-state index contributed by atoms with van der Waals surface area (Å²) in [6, 6.07) is 0.366. The van der Waals surface area contributed by atoms with Crippen molar-refractivity contribution in [2.45, 2.75) is 31.9 Å². The van der Waals surface area contributed by atoms with E-state index in [2.05, 4.69) is 11.9 Å². The van der Waals surface area contributed by atoms with E-state index in [1.807, 2.05) is 25.8 Å². The summed E-state index contributed by atoms with van der Waals surface area (Å²) in [4.78, 5) is 18.4. The molecule has 2 amide bonds. The zero-order valence-electron chi connectivity index (χ0n) is 12.0. The van der Waals surface area contributed by atoms with E-state index in [0.717, 1.165) is 26.1 Å². The molecule has 0 N–H and O–H groups in total. The van der Waals surface area contributed by atoms with Crippen LogP contribution in [0.3, 0.4) is 0 Å². The average Bonchev–Trinajstić information content (AvgIpc) is 2.68. The second kappa shape index (κ2) is 5.05. The normalized spacial score (nSPS) is 29.3. The lowest BCUT2D eigenvalue weighted by molar-refractivity contribution is -0.0911. The van der Waals surface area contributed by atoms with Crippen LogP contribution in [0.25, 0.3) is 0 Å². The summed E-state index contributed by atoms with van der Waals surface area (Å²) >= 11 is 0. The van der Waals surface area contributed by atoms with Gasteiger partial charge in [-0.3, -0.25) is 0 Å². The lowest BCUT2D eigenvalue weighted by Gasteiger charge is -2.42. The van der Waals surface area contributed by atoms with Crippen molar-refractivity contribution in [3.8, 4) is 0 Å². The van der Waals surface area contributed by atoms with Gasteiger partial charge in [0, 0.05) is 32.7 Å². The minimum Gasteiger partial charge on any atom is -0.370 e. The van der Waals surface area contributed by atoms with Crippen LogP contribution in [-0.2, 0) is 4.74 Å². The zero-order chi connectivity index (χ0) is 13.3. The Morgan fingerprint density at radius 1 is 1.33 bits per heavy atom. The highest BCUT2D eigenvalue weighted by Crippen LogP contribution is 2.28. The standard InChI is InChI=1S/C13H25N3O2/c1-11(2)15(4)12(17)16-7-8-18-13(10-16)5-6-14(3)9-13/h11H,5-10H2,1-4H3. The highest BCUT2D eigenvalue weighted by Gasteiger charge is 2.43. The molecule has 2 aliphatic heterocycles. The average molecular weight is 255 g/mol. The first kappa shape index (κ1) is 13.6. The fourth-order valence-electron chi connectivity index (χ4n) is 2.74. The Morgan fingerprint density at radius 3 is 2.61 bits per heavy atom. The Labute approximate surface area is 110 Å². The molecule has 0 saturated carbocycles. The predicted molar refractivity (Wildman–Crippen MR) is 70.7 cm³/mol. The fraction of sp³-hybridized carbons (Fsp3) is 0.923. The van der Waals surface area contributed by atoms with E-state index in [9.17, 15) is 4.79 Å². The molecule has 0 aliphatic carbocycles. The number of carbonyl (C=O) groups excluding carboxylic acids is 1. The van der Waals surface area contributed by atoms with E-state index in [0.29, 0.717) is 13.2 Å². The molecule has 5 nitrogen and oxygen atoms in total. The first-order chi connectivity index (χ1) is 8.43. The van der Waals surface area contributed by atoms with Crippen molar-refractivity contribution in [3.05, 3.63) is 0 Å². The third-order valence-corrected chi connectivity index (χ3v) is 4.10. The molecule has 0 bridgehead atoms. The van der Waals surface area contributed by atoms with Crippen LogP contribution in [0.1, 0.15) is 20.3 Å². The topological polar surface area (TPSA) is 36.0 Å². The van der Waals surface area contributed by atoms with Gasteiger partial charge in [0.25, 0.3) is 0 Å². The molecule has 104 valence electrons. The number of nitrogens with zero attached hydrogens (tertiary/aromatic N) is 3. The monoisotopic (exact) mass is 255 g/mol. The summed E-state index contributed by atoms with van der Waals surface area (Å²) in [6.45, 7) is 8.17. The highest BCUT2D eigenvalue weighted by atomic mass is 16.5. The van der Waals surface area contributed by atoms with Gasteiger partial charge < -0.3 is 19.4 Å². The van der Waals surface area contributed by atoms with E-state index < -0.39 is 0 Å². The molecule has 0 aromatic rings. The molecular formula is C13H25N3O2. The Balaban J connectivity index is 2.01. The van der Waals surface area contributed by atoms with Crippen LogP contribution in [0, 0.1) is 0 Å².